The number of aromatic nitrogens is 1. The number of nitrogens with zero attached hydrogens (tertiary/aromatic N) is 2. The number of nitriles is 1. The van der Waals surface area contributed by atoms with E-state index in [1.54, 1.807) is 18.3 Å². The molecule has 0 aliphatic heterocycles. The second kappa shape index (κ2) is 7.64. The van der Waals surface area contributed by atoms with E-state index in [2.05, 4.69) is 21.7 Å². The van der Waals surface area contributed by atoms with Crippen LogP contribution in [0, 0.1) is 11.3 Å². The fraction of sp³-hybridized carbons (Fsp3) is 0.0455. The summed E-state index contributed by atoms with van der Waals surface area (Å²) in [6.07, 6.45) is 3.03. The number of pyridine rings is 1. The highest BCUT2D eigenvalue weighted by Gasteiger charge is 2.10. The molecular weight excluding hydrogens is 352 g/mol. The Balaban J connectivity index is 1.54. The van der Waals surface area contributed by atoms with Gasteiger partial charge in [0, 0.05) is 23.8 Å². The molecule has 0 aliphatic rings. The molecule has 136 valence electrons. The Morgan fingerprint density at radius 2 is 2.00 bits per heavy atom. The van der Waals surface area contributed by atoms with Crippen LogP contribution in [0.4, 0.5) is 11.4 Å². The van der Waals surface area contributed by atoms with Gasteiger partial charge in [0.05, 0.1) is 23.0 Å². The van der Waals surface area contributed by atoms with Crippen molar-refractivity contribution in [2.45, 2.75) is 6.54 Å². The Labute approximate surface area is 161 Å². The first-order valence-electron chi connectivity index (χ1n) is 8.70. The number of carbonyl (C=O) groups excluding carboxylic acids is 1. The lowest BCUT2D eigenvalue weighted by atomic mass is 10.1. The third kappa shape index (κ3) is 3.55. The minimum Gasteiger partial charge on any atom is -0.459 e. The molecule has 0 fully saturated rings. The Kier molecular flexibility index (Phi) is 4.72. The topological polar surface area (TPSA) is 91.0 Å². The average Bonchev–Trinajstić information content (AvgIpc) is 3.27. The summed E-state index contributed by atoms with van der Waals surface area (Å²) in [5.74, 6) is -0.0487. The maximum atomic E-state index is 12.1. The molecule has 4 aromatic rings. The van der Waals surface area contributed by atoms with Crippen molar-refractivity contribution in [3.05, 3.63) is 90.0 Å². The summed E-state index contributed by atoms with van der Waals surface area (Å²) in [4.78, 5) is 16.5. The molecule has 28 heavy (non-hydrogen) atoms. The molecule has 0 saturated heterocycles. The van der Waals surface area contributed by atoms with Crippen LogP contribution in [0.2, 0.25) is 0 Å². The molecule has 2 N–H and O–H groups in total. The van der Waals surface area contributed by atoms with Crippen LogP contribution in [0.5, 0.6) is 0 Å². The molecule has 0 radical (unpaired) electrons. The van der Waals surface area contributed by atoms with Crippen LogP contribution in [0.1, 0.15) is 21.7 Å². The minimum atomic E-state index is -0.304. The first kappa shape index (κ1) is 17.3. The highest BCUT2D eigenvalue weighted by atomic mass is 16.3. The van der Waals surface area contributed by atoms with Gasteiger partial charge >= 0.3 is 0 Å². The molecule has 6 nitrogen and oxygen atoms in total. The van der Waals surface area contributed by atoms with Gasteiger partial charge in [-0.25, -0.2) is 0 Å². The van der Waals surface area contributed by atoms with Crippen LogP contribution < -0.4 is 10.6 Å². The number of furan rings is 1. The number of benzene rings is 2. The van der Waals surface area contributed by atoms with Crippen molar-refractivity contribution < 1.29 is 9.21 Å². The number of rotatable bonds is 5. The van der Waals surface area contributed by atoms with Crippen LogP contribution in [0.15, 0.2) is 77.5 Å². The second-order valence-electron chi connectivity index (χ2n) is 6.16. The van der Waals surface area contributed by atoms with Crippen LogP contribution in [-0.4, -0.2) is 10.9 Å². The molecule has 2 heterocycles. The van der Waals surface area contributed by atoms with Gasteiger partial charge in [-0.1, -0.05) is 30.3 Å². The van der Waals surface area contributed by atoms with Crippen molar-refractivity contribution in [3.63, 3.8) is 0 Å². The molecule has 6 heteroatoms. The first-order chi connectivity index (χ1) is 13.7. The van der Waals surface area contributed by atoms with Gasteiger partial charge in [0.25, 0.3) is 5.91 Å². The normalized spacial score (nSPS) is 10.4. The number of nitrogens with one attached hydrogen (secondary N) is 2. The molecular formula is C22H16N4O2. The van der Waals surface area contributed by atoms with E-state index in [1.807, 2.05) is 48.5 Å². The van der Waals surface area contributed by atoms with Gasteiger partial charge in [-0.05, 0) is 35.9 Å². The van der Waals surface area contributed by atoms with Crippen molar-refractivity contribution in [2.75, 3.05) is 10.6 Å². The van der Waals surface area contributed by atoms with Crippen molar-refractivity contribution >= 4 is 28.2 Å². The van der Waals surface area contributed by atoms with E-state index in [9.17, 15) is 10.1 Å². The van der Waals surface area contributed by atoms with Gasteiger partial charge in [-0.15, -0.1) is 0 Å². The highest BCUT2D eigenvalue weighted by molar-refractivity contribution is 6.02. The Bertz CT molecular complexity index is 1180. The molecule has 0 bridgehead atoms. The standard InChI is InChI=1S/C22H16N4O2/c23-12-16-14-24-19-8-2-1-7-18(19)21(16)25-13-15-5-3-6-17(11-15)26-22(27)20-9-4-10-28-20/h1-11,14H,13H2,(H,24,25)(H,26,27). The number of anilines is 2. The predicted octanol–water partition coefficient (Wildman–Crippen LogP) is 4.56. The van der Waals surface area contributed by atoms with Crippen LogP contribution >= 0.6 is 0 Å². The van der Waals surface area contributed by atoms with Gasteiger partial charge in [-0.2, -0.15) is 5.26 Å². The minimum absolute atomic E-state index is 0.255. The molecule has 2 aromatic carbocycles. The van der Waals surface area contributed by atoms with Gasteiger partial charge in [0.2, 0.25) is 0 Å². The molecule has 0 saturated carbocycles. The zero-order valence-corrected chi connectivity index (χ0v) is 14.8. The first-order valence-corrected chi connectivity index (χ1v) is 8.70. The summed E-state index contributed by atoms with van der Waals surface area (Å²) in [5, 5.41) is 16.5. The van der Waals surface area contributed by atoms with Crippen molar-refractivity contribution in [1.82, 2.24) is 4.98 Å². The molecule has 0 unspecified atom stereocenters. The lowest BCUT2D eigenvalue weighted by Gasteiger charge is -2.12. The molecule has 4 rings (SSSR count). The number of amides is 1. The lowest BCUT2D eigenvalue weighted by Crippen LogP contribution is -2.11. The predicted molar refractivity (Wildman–Crippen MR) is 107 cm³/mol. The van der Waals surface area contributed by atoms with E-state index in [1.165, 1.54) is 6.26 Å². The molecule has 1 amide bonds. The van der Waals surface area contributed by atoms with E-state index >= 15 is 0 Å². The van der Waals surface area contributed by atoms with E-state index in [4.69, 9.17) is 4.42 Å². The van der Waals surface area contributed by atoms with Gasteiger partial charge in [-0.3, -0.25) is 9.78 Å². The fourth-order valence-electron chi connectivity index (χ4n) is 2.97. The van der Waals surface area contributed by atoms with E-state index in [0.717, 1.165) is 22.2 Å². The highest BCUT2D eigenvalue weighted by Crippen LogP contribution is 2.26. The maximum absolute atomic E-state index is 12.1. The fourth-order valence-corrected chi connectivity index (χ4v) is 2.97. The number of hydrogen-bond acceptors (Lipinski definition) is 5. The van der Waals surface area contributed by atoms with Crippen molar-refractivity contribution in [3.8, 4) is 6.07 Å². The Morgan fingerprint density at radius 1 is 1.11 bits per heavy atom. The molecule has 2 aromatic heterocycles. The SMILES string of the molecule is N#Cc1cnc2ccccc2c1NCc1cccc(NC(=O)c2ccco2)c1. The summed E-state index contributed by atoms with van der Waals surface area (Å²) in [7, 11) is 0. The van der Waals surface area contributed by atoms with Crippen molar-refractivity contribution in [1.29, 1.82) is 5.26 Å². The average molecular weight is 368 g/mol. The van der Waals surface area contributed by atoms with Gasteiger partial charge < -0.3 is 15.1 Å². The lowest BCUT2D eigenvalue weighted by molar-refractivity contribution is 0.0996. The summed E-state index contributed by atoms with van der Waals surface area (Å²) in [6.45, 7) is 0.493. The van der Waals surface area contributed by atoms with E-state index in [0.29, 0.717) is 17.8 Å². The summed E-state index contributed by atoms with van der Waals surface area (Å²) in [5.41, 5.74) is 3.69. The molecule has 0 atom stereocenters. The number of carbonyl (C=O) groups is 1. The van der Waals surface area contributed by atoms with E-state index in [-0.39, 0.29) is 11.7 Å². The van der Waals surface area contributed by atoms with Crippen molar-refractivity contribution in [2.24, 2.45) is 0 Å². The third-order valence-electron chi connectivity index (χ3n) is 4.30. The molecule has 0 aliphatic carbocycles. The van der Waals surface area contributed by atoms with E-state index < -0.39 is 0 Å². The zero-order chi connectivity index (χ0) is 19.3. The largest absolute Gasteiger partial charge is 0.459 e. The van der Waals surface area contributed by atoms with Gasteiger partial charge in [0.15, 0.2) is 5.76 Å². The maximum Gasteiger partial charge on any atom is 0.291 e. The number of para-hydroxylation sites is 1. The summed E-state index contributed by atoms with van der Waals surface area (Å²) >= 11 is 0. The quantitative estimate of drug-likeness (QED) is 0.539. The zero-order valence-electron chi connectivity index (χ0n) is 14.8. The smallest absolute Gasteiger partial charge is 0.291 e. The van der Waals surface area contributed by atoms with Crippen LogP contribution in [0.3, 0.4) is 0 Å². The third-order valence-corrected chi connectivity index (χ3v) is 4.30. The summed E-state index contributed by atoms with van der Waals surface area (Å²) < 4.78 is 5.11. The number of fused-ring (bicyclic) bond motifs is 1. The Morgan fingerprint density at radius 3 is 2.82 bits per heavy atom. The second-order valence-corrected chi connectivity index (χ2v) is 6.16. The monoisotopic (exact) mass is 368 g/mol. The number of hydrogen-bond donors (Lipinski definition) is 2. The summed E-state index contributed by atoms with van der Waals surface area (Å²) in [6, 6.07) is 20.6. The Hall–Kier alpha value is -4.11. The van der Waals surface area contributed by atoms with Crippen LogP contribution in [0.25, 0.3) is 10.9 Å². The van der Waals surface area contributed by atoms with Crippen LogP contribution in [-0.2, 0) is 6.54 Å². The molecule has 0 spiro atoms. The van der Waals surface area contributed by atoms with Gasteiger partial charge in [0.1, 0.15) is 6.07 Å².